The highest BCUT2D eigenvalue weighted by Crippen LogP contribution is 2.15. The molecule has 0 spiro atoms. The molecule has 1 N–H and O–H groups in total. The highest BCUT2D eigenvalue weighted by molar-refractivity contribution is 5.76. The van der Waals surface area contributed by atoms with Gasteiger partial charge in [-0.05, 0) is 30.9 Å². The Hall–Kier alpha value is -1.29. The van der Waals surface area contributed by atoms with Crippen LogP contribution in [0, 0.1) is 5.92 Å². The number of hydrogen-bond acceptors (Lipinski definition) is 3. The third-order valence-electron chi connectivity index (χ3n) is 3.00. The van der Waals surface area contributed by atoms with E-state index in [0.29, 0.717) is 18.9 Å². The largest absolute Gasteiger partial charge is 0.469 e. The van der Waals surface area contributed by atoms with Gasteiger partial charge in [-0.1, -0.05) is 0 Å². The fourth-order valence-electron chi connectivity index (χ4n) is 2.02. The smallest absolute Gasteiger partial charge is 0.220 e. The zero-order valence-electron chi connectivity index (χ0n) is 9.98. The number of aryl methyl sites for hydroxylation is 1. The lowest BCUT2D eigenvalue weighted by Gasteiger charge is -2.08. The number of carbonyl (C=O) groups is 1. The molecule has 0 aliphatic carbocycles. The summed E-state index contributed by atoms with van der Waals surface area (Å²) in [5, 5.41) is 2.94. The first kappa shape index (κ1) is 12.2. The van der Waals surface area contributed by atoms with Gasteiger partial charge in [0, 0.05) is 32.6 Å². The molecular formula is C13H19NO3. The molecule has 1 unspecified atom stereocenters. The van der Waals surface area contributed by atoms with Crippen LogP contribution in [0.1, 0.15) is 25.0 Å². The molecule has 1 aromatic rings. The average Bonchev–Trinajstić information content (AvgIpc) is 2.96. The van der Waals surface area contributed by atoms with E-state index in [2.05, 4.69) is 5.32 Å². The Labute approximate surface area is 101 Å². The Morgan fingerprint density at radius 1 is 1.53 bits per heavy atom. The van der Waals surface area contributed by atoms with Crippen molar-refractivity contribution < 1.29 is 13.9 Å². The molecule has 0 bridgehead atoms. The third-order valence-corrected chi connectivity index (χ3v) is 3.00. The number of carbonyl (C=O) groups excluding carboxylic acids is 1. The molecule has 4 nitrogen and oxygen atoms in total. The summed E-state index contributed by atoms with van der Waals surface area (Å²) in [6.07, 6.45) is 5.08. The van der Waals surface area contributed by atoms with Crippen LogP contribution >= 0.6 is 0 Å². The van der Waals surface area contributed by atoms with E-state index < -0.39 is 0 Å². The van der Waals surface area contributed by atoms with Crippen molar-refractivity contribution in [2.75, 3.05) is 19.8 Å². The Bertz CT molecular complexity index is 328. The molecule has 0 radical (unpaired) electrons. The van der Waals surface area contributed by atoms with Crippen LogP contribution in [0.25, 0.3) is 0 Å². The maximum absolute atomic E-state index is 11.6. The van der Waals surface area contributed by atoms with Crippen molar-refractivity contribution in [2.45, 2.75) is 25.7 Å². The van der Waals surface area contributed by atoms with Gasteiger partial charge in [0.05, 0.1) is 6.26 Å². The lowest BCUT2D eigenvalue weighted by Crippen LogP contribution is -2.26. The van der Waals surface area contributed by atoms with Gasteiger partial charge in [0.15, 0.2) is 0 Å². The Morgan fingerprint density at radius 2 is 2.47 bits per heavy atom. The topological polar surface area (TPSA) is 51.5 Å². The van der Waals surface area contributed by atoms with Crippen LogP contribution in [0.15, 0.2) is 22.8 Å². The van der Waals surface area contributed by atoms with Crippen LogP contribution in [0.4, 0.5) is 0 Å². The van der Waals surface area contributed by atoms with E-state index in [-0.39, 0.29) is 5.91 Å². The van der Waals surface area contributed by atoms with Crippen LogP contribution in [0.2, 0.25) is 0 Å². The molecule has 1 atom stereocenters. The molecule has 4 heteroatoms. The van der Waals surface area contributed by atoms with Crippen LogP contribution in [-0.4, -0.2) is 25.7 Å². The first-order chi connectivity index (χ1) is 8.34. The number of hydrogen-bond donors (Lipinski definition) is 1. The molecule has 1 amide bonds. The predicted octanol–water partition coefficient (Wildman–Crippen LogP) is 1.75. The van der Waals surface area contributed by atoms with Crippen molar-refractivity contribution >= 4 is 5.91 Å². The van der Waals surface area contributed by atoms with E-state index >= 15 is 0 Å². The second kappa shape index (κ2) is 6.45. The summed E-state index contributed by atoms with van der Waals surface area (Å²) in [5.74, 6) is 1.53. The average molecular weight is 237 g/mol. The van der Waals surface area contributed by atoms with E-state index in [1.54, 1.807) is 6.26 Å². The van der Waals surface area contributed by atoms with E-state index in [4.69, 9.17) is 9.15 Å². The van der Waals surface area contributed by atoms with Crippen molar-refractivity contribution in [1.29, 1.82) is 0 Å². The quantitative estimate of drug-likeness (QED) is 0.767. The van der Waals surface area contributed by atoms with Gasteiger partial charge in [-0.15, -0.1) is 0 Å². The number of ether oxygens (including phenoxy) is 1. The molecule has 2 rings (SSSR count). The minimum atomic E-state index is 0.139. The summed E-state index contributed by atoms with van der Waals surface area (Å²) in [6, 6.07) is 3.84. The molecule has 17 heavy (non-hydrogen) atoms. The maximum atomic E-state index is 11.6. The van der Waals surface area contributed by atoms with E-state index in [0.717, 1.165) is 38.2 Å². The zero-order chi connectivity index (χ0) is 11.9. The maximum Gasteiger partial charge on any atom is 0.220 e. The monoisotopic (exact) mass is 237 g/mol. The molecule has 1 aliphatic rings. The van der Waals surface area contributed by atoms with Crippen molar-refractivity contribution in [3.63, 3.8) is 0 Å². The standard InChI is InChI=1S/C13H19NO3/c15-13(9-11-5-8-16-10-11)14-6-1-3-12-4-2-7-17-12/h2,4,7,11H,1,3,5-6,8-10H2,(H,14,15). The SMILES string of the molecule is O=C(CC1CCOC1)NCCCc1ccco1. The second-order valence-electron chi connectivity index (χ2n) is 4.47. The number of amides is 1. The Kier molecular flexibility index (Phi) is 4.62. The predicted molar refractivity (Wildman–Crippen MR) is 63.6 cm³/mol. The molecular weight excluding hydrogens is 218 g/mol. The summed E-state index contributed by atoms with van der Waals surface area (Å²) in [7, 11) is 0. The lowest BCUT2D eigenvalue weighted by atomic mass is 10.0. The second-order valence-corrected chi connectivity index (χ2v) is 4.47. The van der Waals surface area contributed by atoms with Gasteiger partial charge in [0.25, 0.3) is 0 Å². The Morgan fingerprint density at radius 3 is 3.18 bits per heavy atom. The van der Waals surface area contributed by atoms with E-state index in [1.807, 2.05) is 12.1 Å². The highest BCUT2D eigenvalue weighted by atomic mass is 16.5. The summed E-state index contributed by atoms with van der Waals surface area (Å²) in [5.41, 5.74) is 0. The molecule has 1 saturated heterocycles. The third kappa shape index (κ3) is 4.23. The first-order valence-corrected chi connectivity index (χ1v) is 6.21. The minimum absolute atomic E-state index is 0.139. The van der Waals surface area contributed by atoms with Crippen molar-refractivity contribution in [2.24, 2.45) is 5.92 Å². The van der Waals surface area contributed by atoms with Gasteiger partial charge in [-0.25, -0.2) is 0 Å². The molecule has 94 valence electrons. The normalized spacial score (nSPS) is 19.4. The van der Waals surface area contributed by atoms with Gasteiger partial charge in [0.1, 0.15) is 5.76 Å². The summed E-state index contributed by atoms with van der Waals surface area (Å²) in [6.45, 7) is 2.25. The molecule has 2 heterocycles. The van der Waals surface area contributed by atoms with E-state index in [9.17, 15) is 4.79 Å². The Balaban J connectivity index is 1.53. The molecule has 0 saturated carbocycles. The summed E-state index contributed by atoms with van der Waals surface area (Å²) in [4.78, 5) is 11.6. The summed E-state index contributed by atoms with van der Waals surface area (Å²) < 4.78 is 10.5. The van der Waals surface area contributed by atoms with Crippen molar-refractivity contribution in [3.8, 4) is 0 Å². The van der Waals surface area contributed by atoms with Gasteiger partial charge in [0.2, 0.25) is 5.91 Å². The van der Waals surface area contributed by atoms with Crippen molar-refractivity contribution in [1.82, 2.24) is 5.32 Å². The van der Waals surface area contributed by atoms with Gasteiger partial charge < -0.3 is 14.5 Å². The zero-order valence-corrected chi connectivity index (χ0v) is 9.98. The van der Waals surface area contributed by atoms with Crippen LogP contribution < -0.4 is 5.32 Å². The summed E-state index contributed by atoms with van der Waals surface area (Å²) >= 11 is 0. The van der Waals surface area contributed by atoms with E-state index in [1.165, 1.54) is 0 Å². The number of rotatable bonds is 6. The van der Waals surface area contributed by atoms with Crippen LogP contribution in [0.3, 0.4) is 0 Å². The molecule has 1 fully saturated rings. The lowest BCUT2D eigenvalue weighted by molar-refractivity contribution is -0.122. The molecule has 0 aromatic carbocycles. The molecule has 1 aliphatic heterocycles. The van der Waals surface area contributed by atoms with Gasteiger partial charge in [-0.2, -0.15) is 0 Å². The van der Waals surface area contributed by atoms with Gasteiger partial charge >= 0.3 is 0 Å². The highest BCUT2D eigenvalue weighted by Gasteiger charge is 2.18. The fraction of sp³-hybridized carbons (Fsp3) is 0.615. The number of furan rings is 1. The van der Waals surface area contributed by atoms with Crippen LogP contribution in [0.5, 0.6) is 0 Å². The molecule has 1 aromatic heterocycles. The first-order valence-electron chi connectivity index (χ1n) is 6.21. The van der Waals surface area contributed by atoms with Gasteiger partial charge in [-0.3, -0.25) is 4.79 Å². The fourth-order valence-corrected chi connectivity index (χ4v) is 2.02. The van der Waals surface area contributed by atoms with Crippen molar-refractivity contribution in [3.05, 3.63) is 24.2 Å². The minimum Gasteiger partial charge on any atom is -0.469 e. The number of nitrogens with one attached hydrogen (secondary N) is 1. The van der Waals surface area contributed by atoms with Crippen LogP contribution in [-0.2, 0) is 16.0 Å².